The second-order valence-electron chi connectivity index (χ2n) is 7.42. The highest BCUT2D eigenvalue weighted by Gasteiger charge is 2.30. The van der Waals surface area contributed by atoms with Gasteiger partial charge in [0.05, 0.1) is 38.0 Å². The molecule has 3 aromatic carbocycles. The van der Waals surface area contributed by atoms with Gasteiger partial charge in [0.2, 0.25) is 5.91 Å². The van der Waals surface area contributed by atoms with Crippen molar-refractivity contribution in [1.82, 2.24) is 5.32 Å². The quantitative estimate of drug-likeness (QED) is 0.471. The van der Waals surface area contributed by atoms with E-state index in [0.29, 0.717) is 11.5 Å². The van der Waals surface area contributed by atoms with Crippen LogP contribution in [0.15, 0.2) is 77.7 Å². The Kier molecular flexibility index (Phi) is 8.01. The summed E-state index contributed by atoms with van der Waals surface area (Å²) < 4.78 is 44.0. The number of amides is 1. The Morgan fingerprint density at radius 1 is 0.882 bits per heavy atom. The molecule has 0 aliphatic heterocycles. The van der Waals surface area contributed by atoms with Gasteiger partial charge in [0.1, 0.15) is 23.8 Å². The van der Waals surface area contributed by atoms with E-state index in [0.717, 1.165) is 9.87 Å². The third kappa shape index (κ3) is 5.60. The number of anilines is 1. The third-order valence-corrected chi connectivity index (χ3v) is 7.04. The molecule has 180 valence electrons. The molecule has 0 heterocycles. The van der Waals surface area contributed by atoms with Crippen LogP contribution in [0.4, 0.5) is 5.69 Å². The van der Waals surface area contributed by atoms with Crippen molar-refractivity contribution in [2.45, 2.75) is 17.9 Å². The first-order chi connectivity index (χ1) is 16.3. The van der Waals surface area contributed by atoms with Gasteiger partial charge in [-0.2, -0.15) is 0 Å². The lowest BCUT2D eigenvalue weighted by Gasteiger charge is -2.26. The highest BCUT2D eigenvalue weighted by atomic mass is 32.2. The molecule has 1 unspecified atom stereocenters. The number of hydrogen-bond acceptors (Lipinski definition) is 6. The van der Waals surface area contributed by atoms with Gasteiger partial charge in [-0.15, -0.1) is 0 Å². The first-order valence-electron chi connectivity index (χ1n) is 10.5. The highest BCUT2D eigenvalue weighted by molar-refractivity contribution is 7.92. The molecule has 1 atom stereocenters. The number of nitrogens with one attached hydrogen (secondary N) is 1. The maximum atomic E-state index is 13.6. The monoisotopic (exact) mass is 484 g/mol. The number of benzene rings is 3. The van der Waals surface area contributed by atoms with Crippen molar-refractivity contribution in [2.24, 2.45) is 0 Å². The molecule has 0 aromatic heterocycles. The minimum absolute atomic E-state index is 0.0591. The number of rotatable bonds is 10. The van der Waals surface area contributed by atoms with E-state index in [9.17, 15) is 13.2 Å². The van der Waals surface area contributed by atoms with E-state index in [2.05, 4.69) is 5.32 Å². The number of ether oxygens (including phenoxy) is 3. The molecule has 0 aliphatic carbocycles. The van der Waals surface area contributed by atoms with Crippen LogP contribution in [0.2, 0.25) is 0 Å². The Bertz CT molecular complexity index is 1210. The van der Waals surface area contributed by atoms with Crippen LogP contribution in [0.5, 0.6) is 17.2 Å². The predicted molar refractivity (Wildman–Crippen MR) is 130 cm³/mol. The first kappa shape index (κ1) is 24.9. The molecule has 0 saturated heterocycles. The molecule has 0 aliphatic rings. The van der Waals surface area contributed by atoms with Crippen LogP contribution >= 0.6 is 0 Å². The molecule has 0 spiro atoms. The van der Waals surface area contributed by atoms with E-state index < -0.39 is 22.5 Å². The third-order valence-electron chi connectivity index (χ3n) is 5.27. The normalized spacial score (nSPS) is 11.9. The summed E-state index contributed by atoms with van der Waals surface area (Å²) in [5.74, 6) is 0.986. The topological polar surface area (TPSA) is 94.2 Å². The average Bonchev–Trinajstić information content (AvgIpc) is 2.87. The van der Waals surface area contributed by atoms with Crippen LogP contribution in [-0.2, 0) is 14.8 Å². The molecule has 0 fully saturated rings. The summed E-state index contributed by atoms with van der Waals surface area (Å²) in [5.41, 5.74) is 1.08. The van der Waals surface area contributed by atoms with Gasteiger partial charge in [-0.3, -0.25) is 9.10 Å². The summed E-state index contributed by atoms with van der Waals surface area (Å²) in [6, 6.07) is 19.6. The van der Waals surface area contributed by atoms with Crippen LogP contribution in [0.3, 0.4) is 0 Å². The van der Waals surface area contributed by atoms with E-state index in [1.165, 1.54) is 26.4 Å². The fourth-order valence-corrected chi connectivity index (χ4v) is 4.86. The number of hydrogen-bond donors (Lipinski definition) is 1. The van der Waals surface area contributed by atoms with Crippen molar-refractivity contribution in [2.75, 3.05) is 32.2 Å². The molecule has 1 amide bonds. The SMILES string of the molecule is COc1ccc(C(C)NC(=O)CN(c2ccc(OC)cc2OC)S(=O)(=O)c2ccccc2)cc1. The number of carbonyl (C=O) groups is 1. The first-order valence-corrected chi connectivity index (χ1v) is 12.0. The fraction of sp³-hybridized carbons (Fsp3) is 0.240. The van der Waals surface area contributed by atoms with Gasteiger partial charge >= 0.3 is 0 Å². The molecule has 8 nitrogen and oxygen atoms in total. The van der Waals surface area contributed by atoms with E-state index in [1.54, 1.807) is 55.6 Å². The predicted octanol–water partition coefficient (Wildman–Crippen LogP) is 3.79. The number of nitrogens with zero attached hydrogens (tertiary/aromatic N) is 1. The Labute approximate surface area is 200 Å². The van der Waals surface area contributed by atoms with Gasteiger partial charge in [-0.25, -0.2) is 8.42 Å². The molecular formula is C25H28N2O6S. The number of methoxy groups -OCH3 is 3. The zero-order valence-electron chi connectivity index (χ0n) is 19.5. The van der Waals surface area contributed by atoms with Crippen LogP contribution in [0.25, 0.3) is 0 Å². The Morgan fingerprint density at radius 3 is 2.09 bits per heavy atom. The van der Waals surface area contributed by atoms with Crippen molar-refractivity contribution >= 4 is 21.6 Å². The minimum Gasteiger partial charge on any atom is -0.497 e. The summed E-state index contributed by atoms with van der Waals surface area (Å²) in [5, 5.41) is 2.87. The van der Waals surface area contributed by atoms with Crippen LogP contribution in [0, 0.1) is 0 Å². The molecule has 0 bridgehead atoms. The summed E-state index contributed by atoms with van der Waals surface area (Å²) in [4.78, 5) is 13.1. The van der Waals surface area contributed by atoms with Crippen molar-refractivity contribution in [1.29, 1.82) is 0 Å². The van der Waals surface area contributed by atoms with Gasteiger partial charge in [0.15, 0.2) is 0 Å². The van der Waals surface area contributed by atoms with Crippen LogP contribution in [0.1, 0.15) is 18.5 Å². The van der Waals surface area contributed by atoms with Gasteiger partial charge in [-0.1, -0.05) is 30.3 Å². The Balaban J connectivity index is 1.93. The van der Waals surface area contributed by atoms with Crippen molar-refractivity contribution in [3.63, 3.8) is 0 Å². The molecule has 0 radical (unpaired) electrons. The van der Waals surface area contributed by atoms with Crippen molar-refractivity contribution < 1.29 is 27.4 Å². The number of carbonyl (C=O) groups excluding carboxylic acids is 1. The number of sulfonamides is 1. The lowest BCUT2D eigenvalue weighted by Crippen LogP contribution is -2.41. The molecule has 1 N–H and O–H groups in total. The smallest absolute Gasteiger partial charge is 0.264 e. The lowest BCUT2D eigenvalue weighted by atomic mass is 10.1. The molecule has 9 heteroatoms. The van der Waals surface area contributed by atoms with Crippen LogP contribution < -0.4 is 23.8 Å². The summed E-state index contributed by atoms with van der Waals surface area (Å²) >= 11 is 0. The highest BCUT2D eigenvalue weighted by Crippen LogP contribution is 2.35. The largest absolute Gasteiger partial charge is 0.497 e. The molecule has 3 aromatic rings. The lowest BCUT2D eigenvalue weighted by molar-refractivity contribution is -0.120. The van der Waals surface area contributed by atoms with E-state index >= 15 is 0 Å². The maximum absolute atomic E-state index is 13.6. The zero-order valence-corrected chi connectivity index (χ0v) is 20.3. The van der Waals surface area contributed by atoms with E-state index in [4.69, 9.17) is 14.2 Å². The van der Waals surface area contributed by atoms with Gasteiger partial charge < -0.3 is 19.5 Å². The second kappa shape index (κ2) is 10.9. The van der Waals surface area contributed by atoms with Gasteiger partial charge in [0, 0.05) is 6.07 Å². The summed E-state index contributed by atoms with van der Waals surface area (Å²) in [7, 11) is 0.432. The average molecular weight is 485 g/mol. The van der Waals surface area contributed by atoms with Gasteiger partial charge in [-0.05, 0) is 48.9 Å². The Hall–Kier alpha value is -3.72. The molecule has 0 saturated carbocycles. The van der Waals surface area contributed by atoms with Gasteiger partial charge in [0.25, 0.3) is 10.0 Å². The minimum atomic E-state index is -4.08. The summed E-state index contributed by atoms with van der Waals surface area (Å²) in [6.07, 6.45) is 0. The molecular weight excluding hydrogens is 456 g/mol. The zero-order chi connectivity index (χ0) is 24.7. The standard InChI is InChI=1S/C25H28N2O6S/c1-18(19-10-12-20(31-2)13-11-19)26-25(28)17-27(34(29,30)22-8-6-5-7-9-22)23-15-14-21(32-3)16-24(23)33-4/h5-16,18H,17H2,1-4H3,(H,26,28). The maximum Gasteiger partial charge on any atom is 0.264 e. The van der Waals surface area contributed by atoms with Crippen molar-refractivity contribution in [3.8, 4) is 17.2 Å². The van der Waals surface area contributed by atoms with Crippen LogP contribution in [-0.4, -0.2) is 42.2 Å². The summed E-state index contributed by atoms with van der Waals surface area (Å²) in [6.45, 7) is 1.38. The Morgan fingerprint density at radius 2 is 1.50 bits per heavy atom. The second-order valence-corrected chi connectivity index (χ2v) is 9.29. The van der Waals surface area contributed by atoms with E-state index in [1.807, 2.05) is 19.1 Å². The molecule has 34 heavy (non-hydrogen) atoms. The molecule has 3 rings (SSSR count). The fourth-order valence-electron chi connectivity index (χ4n) is 3.40. The van der Waals surface area contributed by atoms with Crippen molar-refractivity contribution in [3.05, 3.63) is 78.4 Å². The van der Waals surface area contributed by atoms with E-state index in [-0.39, 0.29) is 22.4 Å².